The number of hydrogen-bond donors (Lipinski definition) is 2. The minimum absolute atomic E-state index is 0. The van der Waals surface area contributed by atoms with E-state index in [4.69, 9.17) is 18.7 Å². The van der Waals surface area contributed by atoms with Gasteiger partial charge in [0, 0.05) is 50.7 Å². The van der Waals surface area contributed by atoms with E-state index in [0.29, 0.717) is 13.1 Å². The number of carbonyl (C=O) groups excluding carboxylic acids is 1. The number of nitrogens with one attached hydrogen (secondary N) is 1. The molecule has 0 saturated heterocycles. The molecule has 0 radical (unpaired) electrons. The van der Waals surface area contributed by atoms with Gasteiger partial charge in [0.05, 0.1) is 19.1 Å². The van der Waals surface area contributed by atoms with Crippen LogP contribution < -0.4 is 5.32 Å². The quantitative estimate of drug-likeness (QED) is 0.631. The maximum atomic E-state index is 11.8. The van der Waals surface area contributed by atoms with Gasteiger partial charge in [0.25, 0.3) is 0 Å². The van der Waals surface area contributed by atoms with E-state index in [1.54, 1.807) is 17.4 Å². The molecule has 0 fully saturated rings. The molecule has 0 unspecified atom stereocenters. The van der Waals surface area contributed by atoms with Gasteiger partial charge >= 0.3 is 6.09 Å². The number of fused-ring (bicyclic) bond motifs is 2. The molecule has 29 heavy (non-hydrogen) atoms. The molecule has 0 aromatic carbocycles. The first-order valence-corrected chi connectivity index (χ1v) is 9.16. The van der Waals surface area contributed by atoms with Crippen LogP contribution in [0.2, 0.25) is 0 Å². The predicted octanol–water partition coefficient (Wildman–Crippen LogP) is 3.95. The lowest BCUT2D eigenvalue weighted by Crippen LogP contribution is -2.39. The van der Waals surface area contributed by atoms with Gasteiger partial charge in [-0.2, -0.15) is 0 Å². The average molecular weight is 451 g/mol. The van der Waals surface area contributed by atoms with Crippen LogP contribution in [0.4, 0.5) is 4.79 Å². The molecule has 166 valence electrons. The summed E-state index contributed by atoms with van der Waals surface area (Å²) in [6, 6.07) is 3.94. The Morgan fingerprint density at radius 2 is 1.66 bits per heavy atom. The number of ether oxygens (including phenoxy) is 1. The molecule has 2 aromatic heterocycles. The average Bonchev–Trinajstić information content (AvgIpc) is 3.31. The van der Waals surface area contributed by atoms with Gasteiger partial charge in [-0.3, -0.25) is 0 Å². The smallest absolute Gasteiger partial charge is 0.410 e. The second kappa shape index (κ2) is 12.8. The molecule has 2 aromatic rings. The van der Waals surface area contributed by atoms with Crippen molar-refractivity contribution in [1.82, 2.24) is 10.2 Å². The number of amides is 1. The van der Waals surface area contributed by atoms with Crippen molar-refractivity contribution in [1.29, 1.82) is 0 Å². The number of nitrogens with zero attached hydrogens (tertiary/aromatic N) is 1. The van der Waals surface area contributed by atoms with Crippen molar-refractivity contribution in [2.75, 3.05) is 20.2 Å². The molecule has 7 nitrogen and oxygen atoms in total. The van der Waals surface area contributed by atoms with Crippen molar-refractivity contribution >= 4 is 30.9 Å². The van der Waals surface area contributed by atoms with Crippen LogP contribution in [0.1, 0.15) is 43.4 Å². The normalized spacial score (nSPS) is 14.3. The summed E-state index contributed by atoms with van der Waals surface area (Å²) in [4.78, 5) is 13.5. The molecule has 4 heterocycles. The van der Waals surface area contributed by atoms with E-state index in [2.05, 4.69) is 5.32 Å². The van der Waals surface area contributed by atoms with E-state index in [1.807, 2.05) is 32.9 Å². The molecule has 2 aliphatic heterocycles. The molecule has 0 bridgehead atoms. The summed E-state index contributed by atoms with van der Waals surface area (Å²) < 4.78 is 15.8. The zero-order chi connectivity index (χ0) is 19.9. The third-order valence-corrected chi connectivity index (χ3v) is 4.14. The molecular weight excluding hydrogens is 419 g/mol. The Morgan fingerprint density at radius 1 is 1.07 bits per heavy atom. The number of aliphatic hydroxyl groups is 1. The van der Waals surface area contributed by atoms with Crippen molar-refractivity contribution in [3.63, 3.8) is 0 Å². The Kier molecular flexibility index (Phi) is 12.1. The van der Waals surface area contributed by atoms with Crippen LogP contribution in [0.3, 0.4) is 0 Å². The summed E-state index contributed by atoms with van der Waals surface area (Å²) in [5.74, 6) is 2.15. The van der Waals surface area contributed by atoms with Crippen LogP contribution in [0.5, 0.6) is 0 Å². The molecule has 9 heteroatoms. The van der Waals surface area contributed by atoms with Gasteiger partial charge in [0.15, 0.2) is 0 Å². The van der Waals surface area contributed by atoms with Gasteiger partial charge in [0.1, 0.15) is 17.1 Å². The summed E-state index contributed by atoms with van der Waals surface area (Å²) in [7, 11) is 1.00. The van der Waals surface area contributed by atoms with Gasteiger partial charge in [-0.25, -0.2) is 4.79 Å². The molecule has 0 aliphatic carbocycles. The summed E-state index contributed by atoms with van der Waals surface area (Å²) in [6.45, 7) is 8.90. The minimum atomic E-state index is -0.437. The monoisotopic (exact) mass is 450 g/mol. The largest absolute Gasteiger partial charge is 0.469 e. The Morgan fingerprint density at radius 3 is 2.24 bits per heavy atom. The predicted molar refractivity (Wildman–Crippen MR) is 116 cm³/mol. The SMILES string of the molecule is CC(C)(C)OC(=O)N1CCc2occc2C1.CO.Cl.Cl.c1cc2c(o1)CCNC2. The fraction of sp³-hybridized carbons (Fsp3) is 0.550. The third-order valence-electron chi connectivity index (χ3n) is 4.14. The first-order valence-electron chi connectivity index (χ1n) is 9.16. The molecule has 0 saturated carbocycles. The number of carbonyl (C=O) groups is 1. The van der Waals surface area contributed by atoms with Gasteiger partial charge in [-0.15, -0.1) is 24.8 Å². The standard InChI is InChI=1S/C12H17NO3.C7H9NO.CH4O.2ClH/c1-12(2,3)16-11(14)13-6-4-10-9(8-13)5-7-15-10;1-3-8-5-6-2-4-9-7(1)6;1-2;;/h5,7H,4,6,8H2,1-3H3;2,4,8H,1,3,5H2;2H,1H3;2*1H. The van der Waals surface area contributed by atoms with Crippen LogP contribution in [0.25, 0.3) is 0 Å². The second-order valence-corrected chi connectivity index (χ2v) is 7.32. The number of rotatable bonds is 0. The van der Waals surface area contributed by atoms with Crippen molar-refractivity contribution < 1.29 is 23.5 Å². The van der Waals surface area contributed by atoms with E-state index in [0.717, 1.165) is 50.1 Å². The zero-order valence-electron chi connectivity index (χ0n) is 17.4. The number of furan rings is 2. The lowest BCUT2D eigenvalue weighted by molar-refractivity contribution is 0.0219. The first kappa shape index (κ1) is 27.3. The molecule has 4 rings (SSSR count). The highest BCUT2D eigenvalue weighted by molar-refractivity contribution is 5.85. The van der Waals surface area contributed by atoms with Crippen molar-refractivity contribution in [3.8, 4) is 0 Å². The minimum Gasteiger partial charge on any atom is -0.469 e. The molecule has 2 N–H and O–H groups in total. The topological polar surface area (TPSA) is 88.1 Å². The second-order valence-electron chi connectivity index (χ2n) is 7.32. The fourth-order valence-corrected chi connectivity index (χ4v) is 2.90. The highest BCUT2D eigenvalue weighted by Gasteiger charge is 2.26. The van der Waals surface area contributed by atoms with Crippen LogP contribution in [-0.2, 0) is 30.7 Å². The van der Waals surface area contributed by atoms with Crippen LogP contribution in [0.15, 0.2) is 33.5 Å². The third kappa shape index (κ3) is 8.30. The van der Waals surface area contributed by atoms with Crippen molar-refractivity contribution in [2.24, 2.45) is 0 Å². The maximum absolute atomic E-state index is 11.8. The summed E-state index contributed by atoms with van der Waals surface area (Å²) in [5, 5.41) is 10.3. The van der Waals surface area contributed by atoms with E-state index >= 15 is 0 Å². The van der Waals surface area contributed by atoms with E-state index in [9.17, 15) is 4.79 Å². The Hall–Kier alpha value is -1.67. The van der Waals surface area contributed by atoms with Gasteiger partial charge in [-0.1, -0.05) is 0 Å². The van der Waals surface area contributed by atoms with Crippen molar-refractivity contribution in [2.45, 2.75) is 52.3 Å². The first-order chi connectivity index (χ1) is 12.9. The molecule has 0 atom stereocenters. The molecule has 0 spiro atoms. The summed E-state index contributed by atoms with van der Waals surface area (Å²) >= 11 is 0. The summed E-state index contributed by atoms with van der Waals surface area (Å²) in [5.41, 5.74) is 1.96. The number of aliphatic hydroxyl groups excluding tert-OH is 1. The van der Waals surface area contributed by atoms with Gasteiger partial charge in [0.2, 0.25) is 0 Å². The lowest BCUT2D eigenvalue weighted by Gasteiger charge is -2.29. The molecule has 2 aliphatic rings. The maximum Gasteiger partial charge on any atom is 0.410 e. The van der Waals surface area contributed by atoms with Gasteiger partial charge in [-0.05, 0) is 32.9 Å². The lowest BCUT2D eigenvalue weighted by atomic mass is 10.1. The molecule has 1 amide bonds. The fourth-order valence-electron chi connectivity index (χ4n) is 2.90. The van der Waals surface area contributed by atoms with E-state index in [1.165, 1.54) is 5.56 Å². The van der Waals surface area contributed by atoms with Crippen molar-refractivity contribution in [3.05, 3.63) is 47.3 Å². The number of halogens is 2. The Balaban J connectivity index is 0.000000517. The highest BCUT2D eigenvalue weighted by atomic mass is 35.5. The summed E-state index contributed by atoms with van der Waals surface area (Å²) in [6.07, 6.45) is 4.99. The van der Waals surface area contributed by atoms with Crippen LogP contribution >= 0.6 is 24.8 Å². The highest BCUT2D eigenvalue weighted by Crippen LogP contribution is 2.21. The molecular formula is C20H32Cl2N2O5. The van der Waals surface area contributed by atoms with Gasteiger partial charge < -0.3 is 28.9 Å². The Bertz CT molecular complexity index is 704. The number of hydrogen-bond acceptors (Lipinski definition) is 6. The Labute approximate surface area is 184 Å². The van der Waals surface area contributed by atoms with Crippen LogP contribution in [-0.4, -0.2) is 41.9 Å². The van der Waals surface area contributed by atoms with Crippen LogP contribution in [0, 0.1) is 0 Å². The zero-order valence-corrected chi connectivity index (χ0v) is 19.0. The van der Waals surface area contributed by atoms with E-state index < -0.39 is 5.60 Å². The van der Waals surface area contributed by atoms with E-state index in [-0.39, 0.29) is 30.9 Å².